The molecule has 0 atom stereocenters. The maximum absolute atomic E-state index is 12.3. The summed E-state index contributed by atoms with van der Waals surface area (Å²) in [6.45, 7) is -2.44. The first kappa shape index (κ1) is 15.7. The van der Waals surface area contributed by atoms with Gasteiger partial charge in [-0.05, 0) is 18.9 Å². The molecule has 0 bridgehead atoms. The average Bonchev–Trinajstić information content (AvgIpc) is 2.97. The molecule has 1 amide bonds. The molecule has 1 aliphatic carbocycles. The SMILES string of the molecule is O=C(CNC1CCCC1)NCc1ccccc1OC(F)F. The second kappa shape index (κ2) is 7.93. The van der Waals surface area contributed by atoms with E-state index >= 15 is 0 Å². The van der Waals surface area contributed by atoms with E-state index in [4.69, 9.17) is 0 Å². The first-order chi connectivity index (χ1) is 10.1. The molecule has 0 unspecified atom stereocenters. The lowest BCUT2D eigenvalue weighted by molar-refractivity contribution is -0.120. The Morgan fingerprint density at radius 2 is 2.00 bits per heavy atom. The molecule has 0 saturated heterocycles. The molecule has 0 aliphatic heterocycles. The lowest BCUT2D eigenvalue weighted by atomic mass is 10.2. The number of amides is 1. The summed E-state index contributed by atoms with van der Waals surface area (Å²) in [5.74, 6) is -0.0506. The minimum atomic E-state index is -2.87. The van der Waals surface area contributed by atoms with E-state index in [2.05, 4.69) is 15.4 Å². The number of carbonyl (C=O) groups excluding carboxylic acids is 1. The fraction of sp³-hybridized carbons (Fsp3) is 0.533. The summed E-state index contributed by atoms with van der Waals surface area (Å²) in [4.78, 5) is 11.7. The Morgan fingerprint density at radius 1 is 1.29 bits per heavy atom. The van der Waals surface area contributed by atoms with Crippen LogP contribution in [0.3, 0.4) is 0 Å². The van der Waals surface area contributed by atoms with Crippen LogP contribution in [0.15, 0.2) is 24.3 Å². The highest BCUT2D eigenvalue weighted by atomic mass is 19.3. The normalized spacial score (nSPS) is 15.4. The molecule has 6 heteroatoms. The summed E-state index contributed by atoms with van der Waals surface area (Å²) in [7, 11) is 0. The van der Waals surface area contributed by atoms with Gasteiger partial charge in [0.2, 0.25) is 5.91 Å². The second-order valence-electron chi connectivity index (χ2n) is 5.13. The maximum atomic E-state index is 12.3. The zero-order chi connectivity index (χ0) is 15.1. The molecule has 1 aliphatic rings. The number of benzene rings is 1. The van der Waals surface area contributed by atoms with Crippen LogP contribution in [0.5, 0.6) is 5.75 Å². The molecule has 2 N–H and O–H groups in total. The highest BCUT2D eigenvalue weighted by Crippen LogP contribution is 2.20. The number of nitrogens with one attached hydrogen (secondary N) is 2. The number of halogens is 2. The third-order valence-electron chi connectivity index (χ3n) is 3.57. The van der Waals surface area contributed by atoms with E-state index < -0.39 is 6.61 Å². The topological polar surface area (TPSA) is 50.4 Å². The van der Waals surface area contributed by atoms with Crippen LogP contribution in [0.25, 0.3) is 0 Å². The van der Waals surface area contributed by atoms with E-state index in [0.717, 1.165) is 12.8 Å². The predicted octanol–water partition coefficient (Wildman–Crippen LogP) is 2.44. The lowest BCUT2D eigenvalue weighted by Gasteiger charge is -2.13. The highest BCUT2D eigenvalue weighted by Gasteiger charge is 2.15. The second-order valence-corrected chi connectivity index (χ2v) is 5.13. The van der Waals surface area contributed by atoms with Gasteiger partial charge in [0.25, 0.3) is 0 Å². The number of hydrogen-bond donors (Lipinski definition) is 2. The molecule has 4 nitrogen and oxygen atoms in total. The van der Waals surface area contributed by atoms with E-state index in [0.29, 0.717) is 11.6 Å². The molecule has 0 aromatic heterocycles. The fourth-order valence-electron chi connectivity index (χ4n) is 2.48. The quantitative estimate of drug-likeness (QED) is 0.813. The molecule has 0 spiro atoms. The lowest BCUT2D eigenvalue weighted by Crippen LogP contribution is -2.37. The Balaban J connectivity index is 1.77. The van der Waals surface area contributed by atoms with Crippen molar-refractivity contribution in [3.8, 4) is 5.75 Å². The van der Waals surface area contributed by atoms with E-state index in [-0.39, 0.29) is 24.7 Å². The van der Waals surface area contributed by atoms with Crippen LogP contribution < -0.4 is 15.4 Å². The van der Waals surface area contributed by atoms with Gasteiger partial charge >= 0.3 is 6.61 Å². The van der Waals surface area contributed by atoms with Gasteiger partial charge in [0.15, 0.2) is 0 Å². The molecular formula is C15H20F2N2O2. The molecule has 1 aromatic carbocycles. The minimum Gasteiger partial charge on any atom is -0.434 e. The first-order valence-electron chi connectivity index (χ1n) is 7.18. The highest BCUT2D eigenvalue weighted by molar-refractivity contribution is 5.78. The number of ether oxygens (including phenoxy) is 1. The van der Waals surface area contributed by atoms with Crippen molar-refractivity contribution in [2.45, 2.75) is 44.9 Å². The molecule has 0 radical (unpaired) electrons. The molecule has 0 heterocycles. The van der Waals surface area contributed by atoms with Crippen molar-refractivity contribution in [3.63, 3.8) is 0 Å². The summed E-state index contributed by atoms with van der Waals surface area (Å²) >= 11 is 0. The van der Waals surface area contributed by atoms with Gasteiger partial charge in [-0.25, -0.2) is 0 Å². The van der Waals surface area contributed by atoms with Crippen molar-refractivity contribution in [2.24, 2.45) is 0 Å². The van der Waals surface area contributed by atoms with Gasteiger partial charge in [0.05, 0.1) is 6.54 Å². The number of rotatable bonds is 7. The Bertz CT molecular complexity index is 463. The first-order valence-corrected chi connectivity index (χ1v) is 7.18. The molecular weight excluding hydrogens is 278 g/mol. The van der Waals surface area contributed by atoms with Gasteiger partial charge in [0, 0.05) is 18.2 Å². The van der Waals surface area contributed by atoms with Crippen molar-refractivity contribution >= 4 is 5.91 Å². The third-order valence-corrected chi connectivity index (χ3v) is 3.57. The Hall–Kier alpha value is -1.69. The molecule has 2 rings (SSSR count). The molecule has 21 heavy (non-hydrogen) atoms. The zero-order valence-electron chi connectivity index (χ0n) is 11.8. The molecule has 1 aromatic rings. The fourth-order valence-corrected chi connectivity index (χ4v) is 2.48. The van der Waals surface area contributed by atoms with Gasteiger partial charge in [-0.2, -0.15) is 8.78 Å². The standard InChI is InChI=1S/C15H20F2N2O2/c16-15(17)21-13-8-4-1-5-11(13)9-19-14(20)10-18-12-6-2-3-7-12/h1,4-5,8,12,15,18H,2-3,6-7,9-10H2,(H,19,20). The van der Waals surface area contributed by atoms with Gasteiger partial charge in [-0.1, -0.05) is 31.0 Å². The Morgan fingerprint density at radius 3 is 2.71 bits per heavy atom. The summed E-state index contributed by atoms with van der Waals surface area (Å²) in [6.07, 6.45) is 4.63. The van der Waals surface area contributed by atoms with Crippen LogP contribution in [0.2, 0.25) is 0 Å². The minimum absolute atomic E-state index is 0.0940. The van der Waals surface area contributed by atoms with Crippen molar-refractivity contribution in [3.05, 3.63) is 29.8 Å². The Kier molecular flexibility index (Phi) is 5.92. The van der Waals surface area contributed by atoms with Crippen molar-refractivity contribution in [2.75, 3.05) is 6.54 Å². The van der Waals surface area contributed by atoms with Crippen molar-refractivity contribution < 1.29 is 18.3 Å². The zero-order valence-corrected chi connectivity index (χ0v) is 11.8. The monoisotopic (exact) mass is 298 g/mol. The van der Waals surface area contributed by atoms with Crippen LogP contribution in [-0.2, 0) is 11.3 Å². The number of hydrogen-bond acceptors (Lipinski definition) is 3. The third kappa shape index (κ3) is 5.30. The van der Waals surface area contributed by atoms with Crippen LogP contribution in [0.4, 0.5) is 8.78 Å². The number of carbonyl (C=O) groups is 1. The van der Waals surface area contributed by atoms with Gasteiger partial charge in [0.1, 0.15) is 5.75 Å². The maximum Gasteiger partial charge on any atom is 0.387 e. The summed E-state index contributed by atoms with van der Waals surface area (Å²) in [5, 5.41) is 5.91. The molecule has 1 fully saturated rings. The van der Waals surface area contributed by atoms with Crippen LogP contribution in [-0.4, -0.2) is 25.1 Å². The van der Waals surface area contributed by atoms with Gasteiger partial charge < -0.3 is 15.4 Å². The largest absolute Gasteiger partial charge is 0.434 e. The van der Waals surface area contributed by atoms with E-state index in [1.54, 1.807) is 18.2 Å². The van der Waals surface area contributed by atoms with E-state index in [1.165, 1.54) is 18.9 Å². The van der Waals surface area contributed by atoms with E-state index in [1.807, 2.05) is 0 Å². The average molecular weight is 298 g/mol. The molecule has 1 saturated carbocycles. The Labute approximate surface area is 122 Å². The van der Waals surface area contributed by atoms with Crippen LogP contribution in [0.1, 0.15) is 31.2 Å². The smallest absolute Gasteiger partial charge is 0.387 e. The van der Waals surface area contributed by atoms with Gasteiger partial charge in [-0.3, -0.25) is 4.79 Å². The van der Waals surface area contributed by atoms with Crippen molar-refractivity contribution in [1.29, 1.82) is 0 Å². The van der Waals surface area contributed by atoms with Crippen molar-refractivity contribution in [1.82, 2.24) is 10.6 Å². The predicted molar refractivity (Wildman–Crippen MR) is 75.2 cm³/mol. The van der Waals surface area contributed by atoms with Crippen LogP contribution >= 0.6 is 0 Å². The number of para-hydroxylation sites is 1. The summed E-state index contributed by atoms with van der Waals surface area (Å²) in [6, 6.07) is 6.87. The van der Waals surface area contributed by atoms with Crippen LogP contribution in [0, 0.1) is 0 Å². The van der Waals surface area contributed by atoms with Gasteiger partial charge in [-0.15, -0.1) is 0 Å². The summed E-state index contributed by atoms with van der Waals surface area (Å²) < 4.78 is 29.0. The number of alkyl halides is 2. The van der Waals surface area contributed by atoms with E-state index in [9.17, 15) is 13.6 Å². The molecule has 116 valence electrons. The summed E-state index contributed by atoms with van der Waals surface area (Å²) in [5.41, 5.74) is 0.534.